The number of nitrogens with zero attached hydrogens (tertiary/aromatic N) is 2. The van der Waals surface area contributed by atoms with E-state index in [2.05, 4.69) is 51.2 Å². The minimum atomic E-state index is -0.844. The van der Waals surface area contributed by atoms with Gasteiger partial charge in [0.05, 0.1) is 27.6 Å². The van der Waals surface area contributed by atoms with E-state index in [1.807, 2.05) is 48.5 Å². The molecule has 186 valence electrons. The third kappa shape index (κ3) is 6.82. The molecule has 5 nitrogen and oxygen atoms in total. The lowest BCUT2D eigenvalue weighted by atomic mass is 9.89. The Hall–Kier alpha value is -1.92. The number of hydrogen-bond acceptors (Lipinski definition) is 5. The topological polar surface area (TPSA) is 51.7 Å². The molecule has 1 aliphatic rings. The van der Waals surface area contributed by atoms with E-state index in [0.29, 0.717) is 5.92 Å². The van der Waals surface area contributed by atoms with Crippen LogP contribution in [0.15, 0.2) is 34.8 Å². The molecule has 2 heterocycles. The number of ether oxygens (including phenoxy) is 2. The van der Waals surface area contributed by atoms with Crippen molar-refractivity contribution in [2.45, 2.75) is 85.5 Å². The van der Waals surface area contributed by atoms with Crippen molar-refractivity contribution in [2.24, 2.45) is 5.92 Å². The summed E-state index contributed by atoms with van der Waals surface area (Å²) in [6.07, 6.45) is 2.24. The Morgan fingerprint density at radius 3 is 2.29 bits per heavy atom. The van der Waals surface area contributed by atoms with Gasteiger partial charge >= 0.3 is 5.97 Å². The van der Waals surface area contributed by atoms with E-state index in [9.17, 15) is 4.79 Å². The second-order valence-corrected chi connectivity index (χ2v) is 11.4. The number of pyridine rings is 1. The smallest absolute Gasteiger partial charge is 0.340 e. The monoisotopic (exact) mass is 530 g/mol. The fourth-order valence-corrected chi connectivity index (χ4v) is 5.18. The molecular formula is C28H39BrN2O3. The molecule has 0 aliphatic carbocycles. The SMILES string of the molecule is Cc1nc(C)c(C(OC(C)(C)C)C(=O)OC(C)C)c(N2CCC(Cc3ccccc3)CC2)c1Br. The molecule has 0 radical (unpaired) electrons. The van der Waals surface area contributed by atoms with Crippen LogP contribution in [0.25, 0.3) is 0 Å². The van der Waals surface area contributed by atoms with E-state index in [1.165, 1.54) is 5.56 Å². The van der Waals surface area contributed by atoms with Gasteiger partial charge in [0.1, 0.15) is 0 Å². The lowest BCUT2D eigenvalue weighted by Crippen LogP contribution is -2.37. The fourth-order valence-electron chi connectivity index (χ4n) is 4.63. The lowest BCUT2D eigenvalue weighted by molar-refractivity contribution is -0.171. The van der Waals surface area contributed by atoms with Crippen molar-refractivity contribution in [1.82, 2.24) is 4.98 Å². The molecule has 1 saturated heterocycles. The van der Waals surface area contributed by atoms with Crippen molar-refractivity contribution in [1.29, 1.82) is 0 Å². The molecule has 0 spiro atoms. The van der Waals surface area contributed by atoms with Crippen LogP contribution in [-0.4, -0.2) is 35.7 Å². The molecule has 1 unspecified atom stereocenters. The van der Waals surface area contributed by atoms with Gasteiger partial charge in [0, 0.05) is 24.3 Å². The van der Waals surface area contributed by atoms with Gasteiger partial charge in [0.2, 0.25) is 0 Å². The zero-order valence-corrected chi connectivity index (χ0v) is 23.2. The van der Waals surface area contributed by atoms with Crippen LogP contribution in [0.1, 0.15) is 76.1 Å². The second kappa shape index (κ2) is 11.2. The van der Waals surface area contributed by atoms with Crippen molar-refractivity contribution >= 4 is 27.6 Å². The van der Waals surface area contributed by atoms with E-state index < -0.39 is 11.7 Å². The summed E-state index contributed by atoms with van der Waals surface area (Å²) in [6.45, 7) is 15.4. The summed E-state index contributed by atoms with van der Waals surface area (Å²) in [6, 6.07) is 10.7. The van der Waals surface area contributed by atoms with E-state index >= 15 is 0 Å². The van der Waals surface area contributed by atoms with Crippen LogP contribution in [0.5, 0.6) is 0 Å². The van der Waals surface area contributed by atoms with Gasteiger partial charge < -0.3 is 14.4 Å². The lowest BCUT2D eigenvalue weighted by Gasteiger charge is -2.38. The molecule has 0 N–H and O–H groups in total. The minimum absolute atomic E-state index is 0.224. The summed E-state index contributed by atoms with van der Waals surface area (Å²) >= 11 is 3.81. The predicted molar refractivity (Wildman–Crippen MR) is 141 cm³/mol. The quantitative estimate of drug-likeness (QED) is 0.371. The molecule has 0 saturated carbocycles. The van der Waals surface area contributed by atoms with Crippen molar-refractivity contribution < 1.29 is 14.3 Å². The van der Waals surface area contributed by atoms with Crippen molar-refractivity contribution in [3.63, 3.8) is 0 Å². The highest BCUT2D eigenvalue weighted by Crippen LogP contribution is 2.42. The Labute approximate surface area is 213 Å². The van der Waals surface area contributed by atoms with Crippen LogP contribution in [0.2, 0.25) is 0 Å². The van der Waals surface area contributed by atoms with E-state index in [4.69, 9.17) is 14.5 Å². The number of rotatable bonds is 7. The highest BCUT2D eigenvalue weighted by molar-refractivity contribution is 9.10. The Bertz CT molecular complexity index is 977. The number of anilines is 1. The summed E-state index contributed by atoms with van der Waals surface area (Å²) in [4.78, 5) is 20.4. The van der Waals surface area contributed by atoms with Gasteiger partial charge in [-0.2, -0.15) is 0 Å². The first-order valence-corrected chi connectivity index (χ1v) is 13.1. The first-order valence-electron chi connectivity index (χ1n) is 12.3. The highest BCUT2D eigenvalue weighted by atomic mass is 79.9. The number of carbonyl (C=O) groups excluding carboxylic acids is 1. The normalized spacial score (nSPS) is 16.1. The molecule has 1 fully saturated rings. The zero-order chi connectivity index (χ0) is 25.0. The predicted octanol–water partition coefficient (Wildman–Crippen LogP) is 6.73. The maximum Gasteiger partial charge on any atom is 0.340 e. The Kier molecular flexibility index (Phi) is 8.80. The van der Waals surface area contributed by atoms with Gasteiger partial charge in [0.25, 0.3) is 0 Å². The van der Waals surface area contributed by atoms with E-state index in [1.54, 1.807) is 0 Å². The summed E-state index contributed by atoms with van der Waals surface area (Å²) in [5.41, 5.74) is 4.40. The van der Waals surface area contributed by atoms with Gasteiger partial charge in [0.15, 0.2) is 6.10 Å². The standard InChI is InChI=1S/C28H39BrN2O3/c1-18(2)33-27(32)26(34-28(5,6)7)23-19(3)30-20(4)24(29)25(23)31-15-13-22(14-16-31)17-21-11-9-8-10-12-21/h8-12,18,22,26H,13-17H2,1-7H3. The van der Waals surface area contributed by atoms with Gasteiger partial charge in [-0.1, -0.05) is 30.3 Å². The van der Waals surface area contributed by atoms with Crippen molar-refractivity contribution in [3.05, 3.63) is 57.3 Å². The van der Waals surface area contributed by atoms with Crippen LogP contribution in [0.4, 0.5) is 5.69 Å². The molecule has 34 heavy (non-hydrogen) atoms. The largest absolute Gasteiger partial charge is 0.461 e. The van der Waals surface area contributed by atoms with E-state index in [-0.39, 0.29) is 12.1 Å². The molecular weight excluding hydrogens is 492 g/mol. The van der Waals surface area contributed by atoms with Crippen molar-refractivity contribution in [3.8, 4) is 0 Å². The molecule has 0 bridgehead atoms. The van der Waals surface area contributed by atoms with Gasteiger partial charge in [-0.15, -0.1) is 0 Å². The summed E-state index contributed by atoms with van der Waals surface area (Å²) in [7, 11) is 0. The summed E-state index contributed by atoms with van der Waals surface area (Å²) in [5.74, 6) is 0.281. The fraction of sp³-hybridized carbons (Fsp3) is 0.571. The molecule has 0 amide bonds. The van der Waals surface area contributed by atoms with E-state index in [0.717, 1.165) is 59.5 Å². The first-order chi connectivity index (χ1) is 16.0. The molecule has 1 aromatic carbocycles. The summed E-state index contributed by atoms with van der Waals surface area (Å²) < 4.78 is 12.9. The van der Waals surface area contributed by atoms with Crippen LogP contribution in [0, 0.1) is 19.8 Å². The Morgan fingerprint density at radius 1 is 1.12 bits per heavy atom. The third-order valence-corrected chi connectivity index (χ3v) is 7.05. The average molecular weight is 532 g/mol. The van der Waals surface area contributed by atoms with Gasteiger partial charge in [-0.25, -0.2) is 4.79 Å². The van der Waals surface area contributed by atoms with Crippen LogP contribution in [-0.2, 0) is 20.7 Å². The number of carbonyl (C=O) groups is 1. The molecule has 6 heteroatoms. The second-order valence-electron chi connectivity index (χ2n) is 10.6. The van der Waals surface area contributed by atoms with Crippen LogP contribution >= 0.6 is 15.9 Å². The Balaban J connectivity index is 1.93. The van der Waals surface area contributed by atoms with Crippen molar-refractivity contribution in [2.75, 3.05) is 18.0 Å². The molecule has 2 aromatic rings. The minimum Gasteiger partial charge on any atom is -0.461 e. The Morgan fingerprint density at radius 2 is 1.74 bits per heavy atom. The number of aromatic nitrogens is 1. The molecule has 3 rings (SSSR count). The number of benzene rings is 1. The zero-order valence-electron chi connectivity index (χ0n) is 21.7. The van der Waals surface area contributed by atoms with Crippen LogP contribution in [0.3, 0.4) is 0 Å². The average Bonchev–Trinajstić information content (AvgIpc) is 2.75. The first kappa shape index (κ1) is 26.7. The highest BCUT2D eigenvalue weighted by Gasteiger charge is 2.36. The number of esters is 1. The number of hydrogen-bond donors (Lipinski definition) is 0. The van der Waals surface area contributed by atoms with Gasteiger partial charge in [-0.05, 0) is 95.1 Å². The molecule has 1 aromatic heterocycles. The molecule has 1 atom stereocenters. The maximum absolute atomic E-state index is 13.3. The molecule has 1 aliphatic heterocycles. The third-order valence-electron chi connectivity index (χ3n) is 6.10. The van der Waals surface area contributed by atoms with Gasteiger partial charge in [-0.3, -0.25) is 4.98 Å². The number of piperidine rings is 1. The summed E-state index contributed by atoms with van der Waals surface area (Å²) in [5, 5.41) is 0. The number of aryl methyl sites for hydroxylation is 2. The van der Waals surface area contributed by atoms with Crippen LogP contribution < -0.4 is 4.90 Å². The number of halogens is 1. The maximum atomic E-state index is 13.3.